The van der Waals surface area contributed by atoms with Crippen molar-refractivity contribution >= 4 is 12.0 Å². The van der Waals surface area contributed by atoms with Crippen molar-refractivity contribution < 1.29 is 19.0 Å². The minimum absolute atomic E-state index is 0.0553. The summed E-state index contributed by atoms with van der Waals surface area (Å²) >= 11 is 0. The second-order valence-corrected chi connectivity index (χ2v) is 4.88. The van der Waals surface area contributed by atoms with E-state index in [0.29, 0.717) is 23.7 Å². The zero-order valence-corrected chi connectivity index (χ0v) is 13.4. The molecule has 5 nitrogen and oxygen atoms in total. The Hall–Kier alpha value is -2.48. The van der Waals surface area contributed by atoms with E-state index in [1.54, 1.807) is 39.2 Å². The molecule has 0 aliphatic carbocycles. The molecule has 0 atom stereocenters. The normalized spacial score (nSPS) is 11.0. The van der Waals surface area contributed by atoms with E-state index in [4.69, 9.17) is 19.5 Å². The summed E-state index contributed by atoms with van der Waals surface area (Å²) in [6, 6.07) is 7.08. The molecule has 1 aromatic carbocycles. The molecular formula is C17H21NO4. The lowest BCUT2D eigenvalue weighted by Gasteiger charge is -2.11. The zero-order valence-electron chi connectivity index (χ0n) is 13.4. The molecule has 1 rings (SSSR count). The zero-order chi connectivity index (χ0) is 16.5. The molecule has 5 heteroatoms. The predicted octanol–water partition coefficient (Wildman–Crippen LogP) is 3.34. The molecule has 0 aromatic heterocycles. The lowest BCUT2D eigenvalue weighted by atomic mass is 10.1. The average molecular weight is 303 g/mol. The van der Waals surface area contributed by atoms with Gasteiger partial charge in [0.2, 0.25) is 0 Å². The quantitative estimate of drug-likeness (QED) is 0.439. The van der Waals surface area contributed by atoms with Gasteiger partial charge >= 0.3 is 5.97 Å². The van der Waals surface area contributed by atoms with Crippen LogP contribution in [0.4, 0.5) is 0 Å². The van der Waals surface area contributed by atoms with Gasteiger partial charge in [0.05, 0.1) is 19.8 Å². The van der Waals surface area contributed by atoms with Crippen molar-refractivity contribution in [3.63, 3.8) is 0 Å². The first-order valence-electron chi connectivity index (χ1n) is 7.15. The molecule has 0 saturated heterocycles. The van der Waals surface area contributed by atoms with Crippen molar-refractivity contribution in [1.82, 2.24) is 0 Å². The summed E-state index contributed by atoms with van der Waals surface area (Å²) in [6.07, 6.45) is 2.07. The molecule has 0 spiro atoms. The van der Waals surface area contributed by atoms with Crippen LogP contribution in [-0.2, 0) is 9.53 Å². The Morgan fingerprint density at radius 3 is 2.64 bits per heavy atom. The molecule has 0 bridgehead atoms. The fourth-order valence-electron chi connectivity index (χ4n) is 1.69. The highest BCUT2D eigenvalue weighted by Crippen LogP contribution is 2.29. The highest BCUT2D eigenvalue weighted by Gasteiger charge is 2.13. The lowest BCUT2D eigenvalue weighted by molar-refractivity contribution is -0.142. The first kappa shape index (κ1) is 17.6. The molecule has 1 aromatic rings. The summed E-state index contributed by atoms with van der Waals surface area (Å²) in [5, 5.41) is 9.11. The van der Waals surface area contributed by atoms with Crippen LogP contribution < -0.4 is 9.47 Å². The maximum Gasteiger partial charge on any atom is 0.349 e. The Labute approximate surface area is 131 Å². The van der Waals surface area contributed by atoms with E-state index in [0.717, 1.165) is 6.42 Å². The minimum Gasteiger partial charge on any atom is -0.493 e. The highest BCUT2D eigenvalue weighted by molar-refractivity contribution is 5.98. The third-order valence-electron chi connectivity index (χ3n) is 2.64. The predicted molar refractivity (Wildman–Crippen MR) is 83.6 cm³/mol. The average Bonchev–Trinajstić information content (AvgIpc) is 2.49. The van der Waals surface area contributed by atoms with Crippen molar-refractivity contribution in [2.24, 2.45) is 0 Å². The van der Waals surface area contributed by atoms with Gasteiger partial charge in [0, 0.05) is 0 Å². The molecule has 0 saturated carbocycles. The topological polar surface area (TPSA) is 68.5 Å². The van der Waals surface area contributed by atoms with E-state index in [1.165, 1.54) is 6.08 Å². The van der Waals surface area contributed by atoms with Gasteiger partial charge in [-0.3, -0.25) is 0 Å². The summed E-state index contributed by atoms with van der Waals surface area (Å²) in [4.78, 5) is 11.8. The molecule has 0 N–H and O–H groups in total. The Morgan fingerprint density at radius 2 is 2.09 bits per heavy atom. The van der Waals surface area contributed by atoms with Crippen molar-refractivity contribution in [1.29, 1.82) is 5.26 Å². The maximum atomic E-state index is 11.8. The van der Waals surface area contributed by atoms with Gasteiger partial charge < -0.3 is 14.2 Å². The second kappa shape index (κ2) is 8.73. The maximum absolute atomic E-state index is 11.8. The fourth-order valence-corrected chi connectivity index (χ4v) is 1.69. The Bertz CT molecular complexity index is 585. The largest absolute Gasteiger partial charge is 0.493 e. The molecule has 0 heterocycles. The SMILES string of the molecule is CCCOc1cc(/C=C(/C#N)C(=O)OC(C)C)ccc1OC. The van der Waals surface area contributed by atoms with Crippen LogP contribution in [0, 0.1) is 11.3 Å². The van der Waals surface area contributed by atoms with E-state index >= 15 is 0 Å². The van der Waals surface area contributed by atoms with Crippen molar-refractivity contribution in [3.8, 4) is 17.6 Å². The van der Waals surface area contributed by atoms with E-state index in [9.17, 15) is 4.79 Å². The van der Waals surface area contributed by atoms with Crippen LogP contribution in [0.5, 0.6) is 11.5 Å². The second-order valence-electron chi connectivity index (χ2n) is 4.88. The van der Waals surface area contributed by atoms with Crippen molar-refractivity contribution in [2.75, 3.05) is 13.7 Å². The number of nitrogens with zero attached hydrogens (tertiary/aromatic N) is 1. The molecule has 0 radical (unpaired) electrons. The number of ether oxygens (including phenoxy) is 3. The number of hydrogen-bond acceptors (Lipinski definition) is 5. The molecule has 22 heavy (non-hydrogen) atoms. The number of carbonyl (C=O) groups is 1. The Kier molecular flexibility index (Phi) is 6.97. The van der Waals surface area contributed by atoms with Gasteiger partial charge in [0.15, 0.2) is 11.5 Å². The van der Waals surface area contributed by atoms with E-state index in [1.807, 2.05) is 13.0 Å². The summed E-state index contributed by atoms with van der Waals surface area (Å²) in [6.45, 7) is 6.03. The first-order valence-corrected chi connectivity index (χ1v) is 7.15. The van der Waals surface area contributed by atoms with Crippen molar-refractivity contribution in [3.05, 3.63) is 29.3 Å². The number of benzene rings is 1. The monoisotopic (exact) mass is 303 g/mol. The minimum atomic E-state index is -0.635. The Morgan fingerprint density at radius 1 is 1.36 bits per heavy atom. The standard InChI is InChI=1S/C17H21NO4/c1-5-8-21-16-10-13(6-7-15(16)20-4)9-14(11-18)17(19)22-12(2)3/h6-7,9-10,12H,5,8H2,1-4H3/b14-9-. The fraction of sp³-hybridized carbons (Fsp3) is 0.412. The van der Waals surface area contributed by atoms with E-state index in [-0.39, 0.29) is 11.7 Å². The number of carbonyl (C=O) groups excluding carboxylic acids is 1. The molecule has 0 unspecified atom stereocenters. The van der Waals surface area contributed by atoms with E-state index < -0.39 is 5.97 Å². The van der Waals surface area contributed by atoms with Gasteiger partial charge in [-0.15, -0.1) is 0 Å². The molecular weight excluding hydrogens is 282 g/mol. The third kappa shape index (κ3) is 5.13. The van der Waals surface area contributed by atoms with Crippen LogP contribution >= 0.6 is 0 Å². The van der Waals surface area contributed by atoms with Gasteiger partial charge in [-0.05, 0) is 44.0 Å². The summed E-state index contributed by atoms with van der Waals surface area (Å²) in [5.74, 6) is 0.547. The first-order chi connectivity index (χ1) is 10.5. The smallest absolute Gasteiger partial charge is 0.349 e. The number of esters is 1. The van der Waals surface area contributed by atoms with Crippen molar-refractivity contribution in [2.45, 2.75) is 33.3 Å². The van der Waals surface area contributed by atoms with Crippen LogP contribution in [0.2, 0.25) is 0 Å². The number of methoxy groups -OCH3 is 1. The van der Waals surface area contributed by atoms with Gasteiger partial charge in [-0.25, -0.2) is 4.79 Å². The number of hydrogen-bond donors (Lipinski definition) is 0. The van der Waals surface area contributed by atoms with Gasteiger partial charge in [0.1, 0.15) is 11.6 Å². The van der Waals surface area contributed by atoms with Gasteiger partial charge in [-0.1, -0.05) is 13.0 Å². The highest BCUT2D eigenvalue weighted by atomic mass is 16.5. The molecule has 118 valence electrons. The molecule has 0 fully saturated rings. The van der Waals surface area contributed by atoms with E-state index in [2.05, 4.69) is 0 Å². The van der Waals surface area contributed by atoms with Crippen LogP contribution in [-0.4, -0.2) is 25.8 Å². The van der Waals surface area contributed by atoms with Crippen LogP contribution in [0.1, 0.15) is 32.8 Å². The summed E-state index contributed by atoms with van der Waals surface area (Å²) in [7, 11) is 1.56. The molecule has 0 amide bonds. The van der Waals surface area contributed by atoms with Gasteiger partial charge in [-0.2, -0.15) is 5.26 Å². The lowest BCUT2D eigenvalue weighted by Crippen LogP contribution is -2.12. The number of rotatable bonds is 7. The molecule has 0 aliphatic heterocycles. The number of nitriles is 1. The van der Waals surface area contributed by atoms with Crippen LogP contribution in [0.15, 0.2) is 23.8 Å². The Balaban J connectivity index is 3.07. The van der Waals surface area contributed by atoms with Gasteiger partial charge in [0.25, 0.3) is 0 Å². The molecule has 0 aliphatic rings. The third-order valence-corrected chi connectivity index (χ3v) is 2.64. The summed E-state index contributed by atoms with van der Waals surface area (Å²) in [5.41, 5.74) is 0.615. The summed E-state index contributed by atoms with van der Waals surface area (Å²) < 4.78 is 15.9. The van der Waals surface area contributed by atoms with Crippen LogP contribution in [0.25, 0.3) is 6.08 Å². The van der Waals surface area contributed by atoms with Crippen LogP contribution in [0.3, 0.4) is 0 Å².